The van der Waals surface area contributed by atoms with Gasteiger partial charge in [0.1, 0.15) is 0 Å². The van der Waals surface area contributed by atoms with E-state index in [1.54, 1.807) is 0 Å². The fraction of sp³-hybridized carbons (Fsp3) is 0.182. The van der Waals surface area contributed by atoms with Crippen molar-refractivity contribution < 1.29 is 9.90 Å². The van der Waals surface area contributed by atoms with E-state index in [9.17, 15) is 4.79 Å². The van der Waals surface area contributed by atoms with Gasteiger partial charge in [-0.2, -0.15) is 0 Å². The first kappa shape index (κ1) is 10.3. The van der Waals surface area contributed by atoms with Crippen LogP contribution in [0.3, 0.4) is 0 Å². The maximum absolute atomic E-state index is 11.2. The molecule has 0 radical (unpaired) electrons. The number of amides is 1. The van der Waals surface area contributed by atoms with Crippen LogP contribution in [0, 0.1) is 6.92 Å². The van der Waals surface area contributed by atoms with E-state index in [0.29, 0.717) is 0 Å². The molecule has 2 N–H and O–H groups in total. The third-order valence-corrected chi connectivity index (χ3v) is 1.74. The second-order valence-electron chi connectivity index (χ2n) is 3.09. The summed E-state index contributed by atoms with van der Waals surface area (Å²) in [5.41, 5.74) is 1.75. The Balaban J connectivity index is 2.75. The molecule has 0 atom stereocenters. The van der Waals surface area contributed by atoms with Gasteiger partial charge >= 0.3 is 0 Å². The molecular weight excluding hydrogens is 178 g/mol. The number of hydrogen-bond acceptors (Lipinski definition) is 2. The first-order valence-electron chi connectivity index (χ1n) is 4.33. The molecule has 3 nitrogen and oxygen atoms in total. The predicted octanol–water partition coefficient (Wildman–Crippen LogP) is 2.40. The quantitative estimate of drug-likeness (QED) is 0.557. The zero-order chi connectivity index (χ0) is 10.6. The van der Waals surface area contributed by atoms with Crippen molar-refractivity contribution >= 4 is 11.6 Å². The van der Waals surface area contributed by atoms with Crippen molar-refractivity contribution in [3.63, 3.8) is 0 Å². The van der Waals surface area contributed by atoms with E-state index >= 15 is 0 Å². The minimum atomic E-state index is -0.320. The van der Waals surface area contributed by atoms with Crippen LogP contribution in [0.5, 0.6) is 0 Å². The second-order valence-corrected chi connectivity index (χ2v) is 3.09. The number of benzene rings is 1. The molecular formula is C11H13NO2. The first-order chi connectivity index (χ1) is 6.59. The van der Waals surface area contributed by atoms with E-state index in [-0.39, 0.29) is 11.7 Å². The van der Waals surface area contributed by atoms with Gasteiger partial charge in [0.05, 0.1) is 5.76 Å². The number of aliphatic hydroxyl groups excluding tert-OH is 1. The van der Waals surface area contributed by atoms with Crippen LogP contribution in [0.1, 0.15) is 12.5 Å². The van der Waals surface area contributed by atoms with Gasteiger partial charge in [-0.1, -0.05) is 18.2 Å². The number of hydrogen-bond donors (Lipinski definition) is 2. The summed E-state index contributed by atoms with van der Waals surface area (Å²) in [5, 5.41) is 11.5. The van der Waals surface area contributed by atoms with Crippen molar-refractivity contribution in [2.24, 2.45) is 0 Å². The Labute approximate surface area is 83.1 Å². The zero-order valence-corrected chi connectivity index (χ0v) is 8.24. The molecule has 0 saturated heterocycles. The molecule has 0 fully saturated rings. The molecule has 0 bridgehead atoms. The van der Waals surface area contributed by atoms with E-state index in [2.05, 4.69) is 5.32 Å². The number of carbonyl (C=O) groups excluding carboxylic acids is 1. The average molecular weight is 191 g/mol. The third kappa shape index (κ3) is 2.94. The maximum atomic E-state index is 11.2. The lowest BCUT2D eigenvalue weighted by Gasteiger charge is -2.05. The minimum absolute atomic E-state index is 0.00363. The highest BCUT2D eigenvalue weighted by Gasteiger charge is 2.00. The van der Waals surface area contributed by atoms with E-state index in [4.69, 9.17) is 5.11 Å². The normalized spacial score (nSPS) is 11.1. The van der Waals surface area contributed by atoms with Crippen molar-refractivity contribution in [2.75, 3.05) is 5.32 Å². The summed E-state index contributed by atoms with van der Waals surface area (Å²) in [4.78, 5) is 11.2. The molecule has 0 saturated carbocycles. The zero-order valence-electron chi connectivity index (χ0n) is 8.24. The van der Waals surface area contributed by atoms with Crippen LogP contribution in [0.4, 0.5) is 5.69 Å². The van der Waals surface area contributed by atoms with Gasteiger partial charge in [0, 0.05) is 11.8 Å². The van der Waals surface area contributed by atoms with Crippen molar-refractivity contribution in [3.05, 3.63) is 41.7 Å². The van der Waals surface area contributed by atoms with Crippen molar-refractivity contribution in [2.45, 2.75) is 13.8 Å². The van der Waals surface area contributed by atoms with Crippen LogP contribution in [0.15, 0.2) is 36.1 Å². The molecule has 3 heteroatoms. The van der Waals surface area contributed by atoms with E-state index in [1.165, 1.54) is 6.92 Å². The Morgan fingerprint density at radius 3 is 2.64 bits per heavy atom. The van der Waals surface area contributed by atoms with Crippen molar-refractivity contribution in [1.82, 2.24) is 0 Å². The fourth-order valence-corrected chi connectivity index (χ4v) is 1.07. The Bertz CT molecular complexity index is 365. The number of rotatable bonds is 2. The molecule has 14 heavy (non-hydrogen) atoms. The SMILES string of the molecule is CC(O)=CC(=O)Nc1ccccc1C. The molecule has 74 valence electrons. The van der Waals surface area contributed by atoms with Crippen LogP contribution in [0.25, 0.3) is 0 Å². The van der Waals surface area contributed by atoms with Crippen molar-refractivity contribution in [3.8, 4) is 0 Å². The van der Waals surface area contributed by atoms with Gasteiger partial charge in [0.15, 0.2) is 0 Å². The largest absolute Gasteiger partial charge is 0.512 e. The molecule has 0 aliphatic heterocycles. The van der Waals surface area contributed by atoms with Crippen LogP contribution in [-0.4, -0.2) is 11.0 Å². The molecule has 1 aromatic carbocycles. The van der Waals surface area contributed by atoms with Crippen molar-refractivity contribution in [1.29, 1.82) is 0 Å². The van der Waals surface area contributed by atoms with Gasteiger partial charge in [-0.05, 0) is 25.5 Å². The number of anilines is 1. The van der Waals surface area contributed by atoms with E-state index in [0.717, 1.165) is 17.3 Å². The number of aryl methyl sites for hydroxylation is 1. The highest BCUT2D eigenvalue weighted by Crippen LogP contribution is 2.12. The summed E-state index contributed by atoms with van der Waals surface area (Å²) in [7, 11) is 0. The molecule has 0 unspecified atom stereocenters. The minimum Gasteiger partial charge on any atom is -0.512 e. The summed E-state index contributed by atoms with van der Waals surface area (Å²) < 4.78 is 0. The van der Waals surface area contributed by atoms with Gasteiger partial charge in [0.2, 0.25) is 0 Å². The molecule has 1 rings (SSSR count). The third-order valence-electron chi connectivity index (χ3n) is 1.74. The summed E-state index contributed by atoms with van der Waals surface area (Å²) in [5.74, 6) is -0.324. The second kappa shape index (κ2) is 4.46. The van der Waals surface area contributed by atoms with Crippen LogP contribution in [-0.2, 0) is 4.79 Å². The molecule has 0 heterocycles. The van der Waals surface area contributed by atoms with Gasteiger partial charge in [-0.3, -0.25) is 4.79 Å². The number of aliphatic hydroxyl groups is 1. The van der Waals surface area contributed by atoms with Gasteiger partial charge in [-0.25, -0.2) is 0 Å². The Hall–Kier alpha value is -1.77. The number of carbonyl (C=O) groups is 1. The summed E-state index contributed by atoms with van der Waals surface area (Å²) in [6, 6.07) is 7.47. The Morgan fingerprint density at radius 1 is 1.43 bits per heavy atom. The standard InChI is InChI=1S/C11H13NO2/c1-8-5-3-4-6-10(8)12-11(14)7-9(2)13/h3-7,13H,1-2H3,(H,12,14). The summed E-state index contributed by atoms with van der Waals surface area (Å²) >= 11 is 0. The van der Waals surface area contributed by atoms with Crippen LogP contribution >= 0.6 is 0 Å². The fourth-order valence-electron chi connectivity index (χ4n) is 1.07. The highest BCUT2D eigenvalue weighted by molar-refractivity contribution is 5.99. The Kier molecular flexibility index (Phi) is 3.29. The lowest BCUT2D eigenvalue weighted by Crippen LogP contribution is -2.09. The number of nitrogens with one attached hydrogen (secondary N) is 1. The van der Waals surface area contributed by atoms with Gasteiger partial charge in [0.25, 0.3) is 5.91 Å². The van der Waals surface area contributed by atoms with Gasteiger partial charge in [-0.15, -0.1) is 0 Å². The van der Waals surface area contributed by atoms with Crippen LogP contribution < -0.4 is 5.32 Å². The lowest BCUT2D eigenvalue weighted by atomic mass is 10.2. The summed E-state index contributed by atoms with van der Waals surface area (Å²) in [6.45, 7) is 3.36. The maximum Gasteiger partial charge on any atom is 0.251 e. The highest BCUT2D eigenvalue weighted by atomic mass is 16.3. The molecule has 1 aromatic rings. The monoisotopic (exact) mass is 191 g/mol. The molecule has 0 aliphatic carbocycles. The Morgan fingerprint density at radius 2 is 2.07 bits per heavy atom. The smallest absolute Gasteiger partial charge is 0.251 e. The van der Waals surface area contributed by atoms with E-state index < -0.39 is 0 Å². The predicted molar refractivity (Wildman–Crippen MR) is 56.2 cm³/mol. The van der Waals surface area contributed by atoms with E-state index in [1.807, 2.05) is 31.2 Å². The van der Waals surface area contributed by atoms with Crippen LogP contribution in [0.2, 0.25) is 0 Å². The molecule has 0 aromatic heterocycles. The molecule has 0 spiro atoms. The number of para-hydroxylation sites is 1. The molecule has 0 aliphatic rings. The topological polar surface area (TPSA) is 49.3 Å². The average Bonchev–Trinajstić information content (AvgIpc) is 2.07. The first-order valence-corrected chi connectivity index (χ1v) is 4.33. The van der Waals surface area contributed by atoms with Gasteiger partial charge < -0.3 is 10.4 Å². The number of allylic oxidation sites excluding steroid dienone is 1. The lowest BCUT2D eigenvalue weighted by molar-refractivity contribution is -0.112. The summed E-state index contributed by atoms with van der Waals surface area (Å²) in [6.07, 6.45) is 1.15. The molecule has 1 amide bonds.